The summed E-state index contributed by atoms with van der Waals surface area (Å²) in [7, 11) is 0. The predicted octanol–water partition coefficient (Wildman–Crippen LogP) is 6.58. The van der Waals surface area contributed by atoms with Crippen LogP contribution in [0.3, 0.4) is 0 Å². The summed E-state index contributed by atoms with van der Waals surface area (Å²) in [5.74, 6) is -2.73. The standard InChI is InChI=1S/C16H8Cl4F3NO3/c1-5-2-6(16(21,22)23)4-7(3-5)24-14(25)8-9(15(26)27)11(18)13(20)12(19)10(8)17/h2-4H,1H3,(H,24,25)(H,26,27). The number of halogens is 7. The fourth-order valence-corrected chi connectivity index (χ4v) is 3.28. The molecule has 27 heavy (non-hydrogen) atoms. The van der Waals surface area contributed by atoms with E-state index in [1.807, 2.05) is 0 Å². The Hall–Kier alpha value is -1.67. The van der Waals surface area contributed by atoms with Gasteiger partial charge in [-0.25, -0.2) is 4.79 Å². The zero-order valence-electron chi connectivity index (χ0n) is 13.1. The van der Waals surface area contributed by atoms with E-state index in [-0.39, 0.29) is 21.3 Å². The minimum absolute atomic E-state index is 0.219. The molecule has 144 valence electrons. The third-order valence-corrected chi connectivity index (χ3v) is 5.17. The first-order chi connectivity index (χ1) is 12.3. The van der Waals surface area contributed by atoms with Crippen molar-refractivity contribution in [3.05, 3.63) is 60.5 Å². The number of alkyl halides is 3. The molecule has 0 saturated carbocycles. The lowest BCUT2D eigenvalue weighted by molar-refractivity contribution is -0.137. The molecular weight excluding hydrogens is 453 g/mol. The molecule has 0 atom stereocenters. The van der Waals surface area contributed by atoms with Gasteiger partial charge in [0.1, 0.15) is 0 Å². The van der Waals surface area contributed by atoms with Crippen LogP contribution in [0.15, 0.2) is 18.2 Å². The highest BCUT2D eigenvalue weighted by Gasteiger charge is 2.32. The van der Waals surface area contributed by atoms with Crippen LogP contribution < -0.4 is 5.32 Å². The van der Waals surface area contributed by atoms with Crippen LogP contribution in [-0.2, 0) is 6.18 Å². The highest BCUT2D eigenvalue weighted by molar-refractivity contribution is 6.54. The number of carbonyl (C=O) groups is 2. The Bertz CT molecular complexity index is 961. The van der Waals surface area contributed by atoms with Crippen LogP contribution in [0.5, 0.6) is 0 Å². The van der Waals surface area contributed by atoms with Crippen LogP contribution in [0.1, 0.15) is 31.8 Å². The topological polar surface area (TPSA) is 66.4 Å². The lowest BCUT2D eigenvalue weighted by Crippen LogP contribution is -2.19. The molecule has 0 aliphatic rings. The van der Waals surface area contributed by atoms with Crippen molar-refractivity contribution in [3.8, 4) is 0 Å². The zero-order valence-corrected chi connectivity index (χ0v) is 16.2. The summed E-state index contributed by atoms with van der Waals surface area (Å²) < 4.78 is 38.8. The molecule has 0 radical (unpaired) electrons. The van der Waals surface area contributed by atoms with Crippen molar-refractivity contribution in [3.63, 3.8) is 0 Å². The van der Waals surface area contributed by atoms with Gasteiger partial charge in [0.25, 0.3) is 5.91 Å². The molecule has 0 spiro atoms. The summed E-state index contributed by atoms with van der Waals surface area (Å²) >= 11 is 23.4. The van der Waals surface area contributed by atoms with Crippen molar-refractivity contribution in [2.75, 3.05) is 5.32 Å². The number of hydrogen-bond acceptors (Lipinski definition) is 2. The van der Waals surface area contributed by atoms with Crippen molar-refractivity contribution in [1.82, 2.24) is 0 Å². The Morgan fingerprint density at radius 1 is 0.926 bits per heavy atom. The van der Waals surface area contributed by atoms with Crippen molar-refractivity contribution < 1.29 is 27.9 Å². The molecule has 11 heteroatoms. The number of carbonyl (C=O) groups excluding carboxylic acids is 1. The molecule has 2 aromatic rings. The first-order valence-corrected chi connectivity index (χ1v) is 8.45. The average molecular weight is 461 g/mol. The number of carboxylic acids is 1. The van der Waals surface area contributed by atoms with Crippen LogP contribution >= 0.6 is 46.4 Å². The molecule has 0 bridgehead atoms. The lowest BCUT2D eigenvalue weighted by atomic mass is 10.1. The van der Waals surface area contributed by atoms with E-state index >= 15 is 0 Å². The van der Waals surface area contributed by atoms with Gasteiger partial charge < -0.3 is 10.4 Å². The molecule has 0 aliphatic carbocycles. The van der Waals surface area contributed by atoms with Gasteiger partial charge in [-0.15, -0.1) is 0 Å². The Labute approximate surface area is 170 Å². The Balaban J connectivity index is 2.58. The molecule has 0 unspecified atom stereocenters. The number of amides is 1. The maximum absolute atomic E-state index is 12.9. The van der Waals surface area contributed by atoms with Gasteiger partial charge in [-0.2, -0.15) is 13.2 Å². The van der Waals surface area contributed by atoms with Crippen molar-refractivity contribution in [2.45, 2.75) is 13.1 Å². The van der Waals surface area contributed by atoms with E-state index < -0.39 is 44.8 Å². The van der Waals surface area contributed by atoms with E-state index in [4.69, 9.17) is 46.4 Å². The second-order valence-corrected chi connectivity index (χ2v) is 6.86. The number of anilines is 1. The Morgan fingerprint density at radius 2 is 1.44 bits per heavy atom. The fourth-order valence-electron chi connectivity index (χ4n) is 2.26. The van der Waals surface area contributed by atoms with Crippen molar-refractivity contribution in [2.24, 2.45) is 0 Å². The number of aryl methyl sites for hydroxylation is 1. The minimum Gasteiger partial charge on any atom is -0.478 e. The van der Waals surface area contributed by atoms with E-state index in [0.29, 0.717) is 6.07 Å². The monoisotopic (exact) mass is 459 g/mol. The number of hydrogen-bond donors (Lipinski definition) is 2. The van der Waals surface area contributed by atoms with Gasteiger partial charge >= 0.3 is 12.1 Å². The number of carboxylic acid groups (broad SMARTS) is 1. The highest BCUT2D eigenvalue weighted by atomic mass is 35.5. The third-order valence-electron chi connectivity index (χ3n) is 3.37. The molecular formula is C16H8Cl4F3NO3. The van der Waals surface area contributed by atoms with Crippen LogP contribution in [0.4, 0.5) is 18.9 Å². The van der Waals surface area contributed by atoms with Gasteiger partial charge in [0.15, 0.2) is 0 Å². The Kier molecular flexibility index (Phi) is 6.21. The molecule has 1 amide bonds. The summed E-state index contributed by atoms with van der Waals surface area (Å²) in [6, 6.07) is 2.85. The molecule has 0 aliphatic heterocycles. The van der Waals surface area contributed by atoms with Gasteiger partial charge in [0.2, 0.25) is 0 Å². The van der Waals surface area contributed by atoms with Gasteiger partial charge in [-0.05, 0) is 30.7 Å². The highest BCUT2D eigenvalue weighted by Crippen LogP contribution is 2.42. The molecule has 0 fully saturated rings. The zero-order chi connectivity index (χ0) is 20.7. The van der Waals surface area contributed by atoms with Crippen molar-refractivity contribution in [1.29, 1.82) is 0 Å². The first kappa shape index (κ1) is 21.6. The summed E-state index contributed by atoms with van der Waals surface area (Å²) in [5, 5.41) is 9.75. The van der Waals surface area contributed by atoms with Gasteiger partial charge in [-0.3, -0.25) is 4.79 Å². The second kappa shape index (κ2) is 7.75. The van der Waals surface area contributed by atoms with Crippen LogP contribution in [0.2, 0.25) is 20.1 Å². The predicted molar refractivity (Wildman–Crippen MR) is 97.6 cm³/mol. The number of aromatic carboxylic acids is 1. The van der Waals surface area contributed by atoms with Gasteiger partial charge in [0, 0.05) is 5.69 Å². The van der Waals surface area contributed by atoms with Gasteiger partial charge in [-0.1, -0.05) is 46.4 Å². The quantitative estimate of drug-likeness (QED) is 0.401. The number of nitrogens with one attached hydrogen (secondary N) is 1. The summed E-state index contributed by atoms with van der Waals surface area (Å²) in [6.07, 6.45) is -4.64. The lowest BCUT2D eigenvalue weighted by Gasteiger charge is -2.15. The molecule has 2 aromatic carbocycles. The second-order valence-electron chi connectivity index (χ2n) is 5.35. The maximum atomic E-state index is 12.9. The van der Waals surface area contributed by atoms with Crippen LogP contribution in [-0.4, -0.2) is 17.0 Å². The molecule has 2 rings (SSSR count). The minimum atomic E-state index is -4.64. The van der Waals surface area contributed by atoms with Gasteiger partial charge in [0.05, 0.1) is 36.8 Å². The SMILES string of the molecule is Cc1cc(NC(=O)c2c(Cl)c(Cl)c(Cl)c(Cl)c2C(=O)O)cc(C(F)(F)F)c1. The van der Waals surface area contributed by atoms with Crippen LogP contribution in [0.25, 0.3) is 0 Å². The molecule has 4 nitrogen and oxygen atoms in total. The maximum Gasteiger partial charge on any atom is 0.416 e. The molecule has 2 N–H and O–H groups in total. The molecule has 0 saturated heterocycles. The summed E-state index contributed by atoms with van der Waals surface area (Å²) in [5.41, 5.74) is -2.34. The van der Waals surface area contributed by atoms with Crippen molar-refractivity contribution >= 4 is 64.0 Å². The first-order valence-electron chi connectivity index (χ1n) is 6.94. The number of benzene rings is 2. The average Bonchev–Trinajstić information content (AvgIpc) is 2.54. The normalized spacial score (nSPS) is 11.4. The number of rotatable bonds is 3. The van der Waals surface area contributed by atoms with E-state index in [0.717, 1.165) is 6.07 Å². The summed E-state index contributed by atoms with van der Waals surface area (Å²) in [4.78, 5) is 24.0. The van der Waals surface area contributed by atoms with E-state index in [9.17, 15) is 27.9 Å². The van der Waals surface area contributed by atoms with Crippen LogP contribution in [0, 0.1) is 6.92 Å². The Morgan fingerprint density at radius 3 is 1.93 bits per heavy atom. The van der Waals surface area contributed by atoms with E-state index in [1.54, 1.807) is 0 Å². The largest absolute Gasteiger partial charge is 0.478 e. The third kappa shape index (κ3) is 4.43. The molecule has 0 aromatic heterocycles. The summed E-state index contributed by atoms with van der Waals surface area (Å²) in [6.45, 7) is 1.40. The van der Waals surface area contributed by atoms with E-state index in [2.05, 4.69) is 5.32 Å². The molecule has 0 heterocycles. The smallest absolute Gasteiger partial charge is 0.416 e. The van der Waals surface area contributed by atoms with E-state index in [1.165, 1.54) is 13.0 Å². The fraction of sp³-hybridized carbons (Fsp3) is 0.125.